The largest absolute Gasteiger partial charge is 0.472 e. The molecule has 0 aromatic carbocycles. The third-order valence-corrected chi connectivity index (χ3v) is 8.97. The van der Waals surface area contributed by atoms with E-state index in [0.29, 0.717) is 17.6 Å². The van der Waals surface area contributed by atoms with E-state index in [9.17, 15) is 14.3 Å². The summed E-state index contributed by atoms with van der Waals surface area (Å²) in [5.41, 5.74) is 0. The molecule has 0 aliphatic rings. The lowest BCUT2D eigenvalue weighted by Crippen LogP contribution is -2.37. The minimum absolute atomic E-state index is 0.0768. The van der Waals surface area contributed by atoms with Gasteiger partial charge < -0.3 is 18.9 Å². The standard InChI is InChI=1S/C43H76NO7P/c1-6-8-10-12-14-16-18-19-20-21-22-23-24-25-26-28-30-32-34-36-43(45)51-42(41-50-52(46,47)49-39-37-44(3,4)5)40-48-38-35-33-31-29-27-17-15-13-11-9-7-2/h8,10-11,13-14,16,19-20,22-23,25-26,42H,6-7,9,12,15,17-18,21,24,27-41H2,1-5H3/p+1/b10-8-,13-11-,16-14-,20-19-,23-22-,26-25-. The number of nitrogens with zero attached hydrogens (tertiary/aromatic N) is 1. The fourth-order valence-corrected chi connectivity index (χ4v) is 5.61. The molecule has 2 atom stereocenters. The molecule has 300 valence electrons. The molecule has 0 fully saturated rings. The van der Waals surface area contributed by atoms with Crippen LogP contribution in [0.25, 0.3) is 0 Å². The first-order valence-corrected chi connectivity index (χ1v) is 21.7. The minimum atomic E-state index is -4.28. The first kappa shape index (κ1) is 49.9. The lowest BCUT2D eigenvalue weighted by Gasteiger charge is -2.24. The van der Waals surface area contributed by atoms with Gasteiger partial charge in [-0.05, 0) is 77.0 Å². The lowest BCUT2D eigenvalue weighted by atomic mass is 10.1. The van der Waals surface area contributed by atoms with E-state index in [1.165, 1.54) is 38.5 Å². The number of unbranched alkanes of at least 4 members (excludes halogenated alkanes) is 10. The molecule has 1 N–H and O–H groups in total. The molecular weight excluding hydrogens is 673 g/mol. The van der Waals surface area contributed by atoms with E-state index >= 15 is 0 Å². The van der Waals surface area contributed by atoms with Gasteiger partial charge in [-0.1, -0.05) is 125 Å². The molecule has 9 heteroatoms. The summed E-state index contributed by atoms with van der Waals surface area (Å²) < 4.78 is 34.8. The van der Waals surface area contributed by atoms with Crippen molar-refractivity contribution < 1.29 is 37.3 Å². The second-order valence-corrected chi connectivity index (χ2v) is 15.7. The summed E-state index contributed by atoms with van der Waals surface area (Å²) in [4.78, 5) is 22.8. The Hall–Kier alpha value is -2.06. The number of rotatable bonds is 36. The highest BCUT2D eigenvalue weighted by Gasteiger charge is 2.26. The number of hydrogen-bond donors (Lipinski definition) is 1. The van der Waals surface area contributed by atoms with Gasteiger partial charge in [-0.2, -0.15) is 0 Å². The van der Waals surface area contributed by atoms with Crippen LogP contribution in [0.2, 0.25) is 0 Å². The summed E-state index contributed by atoms with van der Waals surface area (Å²) in [5, 5.41) is 0. The topological polar surface area (TPSA) is 91.3 Å². The summed E-state index contributed by atoms with van der Waals surface area (Å²) in [7, 11) is 1.63. The van der Waals surface area contributed by atoms with Crippen molar-refractivity contribution in [1.82, 2.24) is 0 Å². The molecular formula is C43H77NO7P+. The minimum Gasteiger partial charge on any atom is -0.457 e. The molecule has 0 bridgehead atoms. The SMILES string of the molecule is CC/C=C\C/C=C\C/C=C\C/C=C\C/C=C\CCCCCC(=O)OC(COCCCCCCCC/C=C\CCC)COP(=O)(O)OCC[N+](C)(C)C. The van der Waals surface area contributed by atoms with Crippen LogP contribution in [0.4, 0.5) is 0 Å². The van der Waals surface area contributed by atoms with Crippen LogP contribution < -0.4 is 0 Å². The average molecular weight is 751 g/mol. The van der Waals surface area contributed by atoms with Crippen LogP contribution in [0.5, 0.6) is 0 Å². The van der Waals surface area contributed by atoms with Crippen LogP contribution in [0, 0.1) is 0 Å². The number of carbonyl (C=O) groups is 1. The molecule has 0 spiro atoms. The maximum atomic E-state index is 12.6. The molecule has 0 aromatic heterocycles. The summed E-state index contributed by atoms with van der Waals surface area (Å²) in [5.74, 6) is -0.352. The first-order chi connectivity index (χ1) is 25.1. The predicted octanol–water partition coefficient (Wildman–Crippen LogP) is 11.5. The fraction of sp³-hybridized carbons (Fsp3) is 0.698. The Morgan fingerprint density at radius 2 is 1.12 bits per heavy atom. The van der Waals surface area contributed by atoms with Gasteiger partial charge in [0, 0.05) is 13.0 Å². The summed E-state index contributed by atoms with van der Waals surface area (Å²) >= 11 is 0. The van der Waals surface area contributed by atoms with Gasteiger partial charge >= 0.3 is 13.8 Å². The zero-order chi connectivity index (χ0) is 38.4. The van der Waals surface area contributed by atoms with Crippen molar-refractivity contribution >= 4 is 13.8 Å². The zero-order valence-corrected chi connectivity index (χ0v) is 34.7. The van der Waals surface area contributed by atoms with Crippen molar-refractivity contribution in [1.29, 1.82) is 0 Å². The van der Waals surface area contributed by atoms with Gasteiger partial charge in [0.15, 0.2) is 0 Å². The van der Waals surface area contributed by atoms with Crippen LogP contribution in [0.1, 0.15) is 136 Å². The van der Waals surface area contributed by atoms with Crippen molar-refractivity contribution in [2.24, 2.45) is 0 Å². The van der Waals surface area contributed by atoms with Crippen LogP contribution in [-0.2, 0) is 27.9 Å². The molecule has 2 unspecified atom stereocenters. The van der Waals surface area contributed by atoms with Crippen molar-refractivity contribution in [3.63, 3.8) is 0 Å². The van der Waals surface area contributed by atoms with Gasteiger partial charge in [-0.25, -0.2) is 4.57 Å². The predicted molar refractivity (Wildman–Crippen MR) is 219 cm³/mol. The molecule has 0 saturated heterocycles. The van der Waals surface area contributed by atoms with E-state index in [4.69, 9.17) is 18.5 Å². The number of phosphoric ester groups is 1. The Balaban J connectivity index is 4.36. The Morgan fingerprint density at radius 1 is 0.615 bits per heavy atom. The van der Waals surface area contributed by atoms with Gasteiger partial charge in [0.2, 0.25) is 0 Å². The van der Waals surface area contributed by atoms with Crippen LogP contribution in [-0.4, -0.2) is 75.6 Å². The Morgan fingerprint density at radius 3 is 1.69 bits per heavy atom. The molecule has 0 radical (unpaired) electrons. The fourth-order valence-electron chi connectivity index (χ4n) is 4.87. The molecule has 0 aromatic rings. The van der Waals surface area contributed by atoms with Crippen LogP contribution >= 0.6 is 7.82 Å². The number of hydrogen-bond acceptors (Lipinski definition) is 6. The van der Waals surface area contributed by atoms with E-state index in [-0.39, 0.29) is 32.2 Å². The number of phosphoric acid groups is 1. The highest BCUT2D eigenvalue weighted by Crippen LogP contribution is 2.43. The zero-order valence-electron chi connectivity index (χ0n) is 33.8. The first-order valence-electron chi connectivity index (χ1n) is 20.2. The van der Waals surface area contributed by atoms with E-state index in [0.717, 1.165) is 77.0 Å². The Labute approximate surface area is 319 Å². The van der Waals surface area contributed by atoms with Crippen molar-refractivity contribution in [3.8, 4) is 0 Å². The van der Waals surface area contributed by atoms with E-state index in [2.05, 4.69) is 86.8 Å². The summed E-state index contributed by atoms with van der Waals surface area (Å²) in [6, 6.07) is 0. The maximum Gasteiger partial charge on any atom is 0.472 e. The number of allylic oxidation sites excluding steroid dienone is 12. The highest BCUT2D eigenvalue weighted by molar-refractivity contribution is 7.47. The summed E-state index contributed by atoms with van der Waals surface area (Å²) in [6.45, 7) is 5.36. The third kappa shape index (κ3) is 39.2. The number of quaternary nitrogens is 1. The second-order valence-electron chi connectivity index (χ2n) is 14.3. The lowest BCUT2D eigenvalue weighted by molar-refractivity contribution is -0.870. The monoisotopic (exact) mass is 751 g/mol. The number of ether oxygens (including phenoxy) is 2. The summed E-state index contributed by atoms with van der Waals surface area (Å²) in [6.07, 6.45) is 45.0. The van der Waals surface area contributed by atoms with E-state index in [1.807, 2.05) is 21.1 Å². The molecule has 0 saturated carbocycles. The van der Waals surface area contributed by atoms with Crippen molar-refractivity contribution in [2.45, 2.75) is 142 Å². The molecule has 0 amide bonds. The third-order valence-electron chi connectivity index (χ3n) is 7.98. The molecule has 8 nitrogen and oxygen atoms in total. The van der Waals surface area contributed by atoms with Crippen molar-refractivity contribution in [3.05, 3.63) is 72.9 Å². The van der Waals surface area contributed by atoms with Gasteiger partial charge in [0.25, 0.3) is 0 Å². The molecule has 0 aliphatic heterocycles. The Bertz CT molecular complexity index is 1060. The molecule has 0 heterocycles. The smallest absolute Gasteiger partial charge is 0.457 e. The van der Waals surface area contributed by atoms with Gasteiger partial charge in [-0.15, -0.1) is 0 Å². The van der Waals surface area contributed by atoms with Crippen LogP contribution in [0.15, 0.2) is 72.9 Å². The van der Waals surface area contributed by atoms with Gasteiger partial charge in [0.1, 0.15) is 19.3 Å². The van der Waals surface area contributed by atoms with E-state index < -0.39 is 13.9 Å². The number of likely N-dealkylation sites (N-methyl/N-ethyl adjacent to an activating group) is 1. The van der Waals surface area contributed by atoms with Crippen molar-refractivity contribution in [2.75, 3.05) is 54.1 Å². The molecule has 0 rings (SSSR count). The molecule has 52 heavy (non-hydrogen) atoms. The van der Waals surface area contributed by atoms with E-state index in [1.54, 1.807) is 0 Å². The quantitative estimate of drug-likeness (QED) is 0.0224. The second kappa shape index (κ2) is 35.9. The highest BCUT2D eigenvalue weighted by atomic mass is 31.2. The van der Waals surface area contributed by atoms with Crippen LogP contribution in [0.3, 0.4) is 0 Å². The Kier molecular flexibility index (Phi) is 34.5. The average Bonchev–Trinajstić information content (AvgIpc) is 3.09. The maximum absolute atomic E-state index is 12.6. The number of carbonyl (C=O) groups excluding carboxylic acids is 1. The normalized spacial score (nSPS) is 14.7. The number of esters is 1. The van der Waals surface area contributed by atoms with Gasteiger partial charge in [0.05, 0.1) is 34.4 Å². The van der Waals surface area contributed by atoms with Gasteiger partial charge in [-0.3, -0.25) is 13.8 Å². The molecule has 0 aliphatic carbocycles.